The Bertz CT molecular complexity index is 2680. The highest BCUT2D eigenvalue weighted by Gasteiger charge is 2.37. The molecule has 0 bridgehead atoms. The fraction of sp³-hybridized carbons (Fsp3) is 0.133. The predicted octanol–water partition coefficient (Wildman–Crippen LogP) is 10.2. The fourth-order valence-electron chi connectivity index (χ4n) is 8.62. The Kier molecular flexibility index (Phi) is 6.97. The summed E-state index contributed by atoms with van der Waals surface area (Å²) in [5, 5.41) is 7.67. The van der Waals surface area contributed by atoms with Crippen LogP contribution in [0.15, 0.2) is 91.0 Å². The van der Waals surface area contributed by atoms with E-state index in [2.05, 4.69) is 0 Å². The van der Waals surface area contributed by atoms with Gasteiger partial charge in [-0.25, -0.2) is 15.0 Å². The van der Waals surface area contributed by atoms with Gasteiger partial charge in [0, 0.05) is 49.0 Å². The quantitative estimate of drug-likeness (QED) is 0.107. The van der Waals surface area contributed by atoms with Crippen molar-refractivity contribution in [1.82, 2.24) is 15.0 Å². The number of rotatable bonds is 9. The summed E-state index contributed by atoms with van der Waals surface area (Å²) in [6.45, 7) is 0. The van der Waals surface area contributed by atoms with Crippen LogP contribution >= 0.6 is 0 Å². The van der Waals surface area contributed by atoms with Gasteiger partial charge in [-0.05, 0) is 0 Å². The van der Waals surface area contributed by atoms with E-state index < -0.39 is 0 Å². The third-order valence-electron chi connectivity index (χ3n) is 10.7. The van der Waals surface area contributed by atoms with Gasteiger partial charge in [0.25, 0.3) is 0 Å². The average molecular weight is 712 g/mol. The molecule has 0 aliphatic carbocycles. The minimum Gasteiger partial charge on any atom is -0.492 e. The molecule has 0 saturated carbocycles. The summed E-state index contributed by atoms with van der Waals surface area (Å²) in [6, 6.07) is 30.3. The molecule has 0 aliphatic rings. The van der Waals surface area contributed by atoms with Crippen molar-refractivity contribution in [2.45, 2.75) is 0 Å². The van der Waals surface area contributed by atoms with Gasteiger partial charge in [0.15, 0.2) is 34.5 Å². The number of aromatic nitrogens is 3. The van der Waals surface area contributed by atoms with Gasteiger partial charge in [-0.3, -0.25) is 0 Å². The second kappa shape index (κ2) is 11.8. The van der Waals surface area contributed by atoms with Crippen molar-refractivity contribution in [3.63, 3.8) is 0 Å². The SMILES string of the molecule is COc1c(OC)c2c(-c3ccccc3)nc3c(OC)c(OC)c4c(-c5ccccc5)nc5c(OC)c(OC)c6c(-c7ccccc7)nc1c1c6c5c4c3c21. The second-order valence-electron chi connectivity index (χ2n) is 13.1. The molecule has 10 rings (SSSR count). The minimum absolute atomic E-state index is 0.495. The lowest BCUT2D eigenvalue weighted by atomic mass is 9.82. The third-order valence-corrected chi connectivity index (χ3v) is 10.7. The molecule has 0 atom stereocenters. The number of hydrogen-bond acceptors (Lipinski definition) is 9. The zero-order valence-electron chi connectivity index (χ0n) is 30.5. The second-order valence-corrected chi connectivity index (χ2v) is 13.1. The number of nitrogens with zero attached hydrogens (tertiary/aromatic N) is 3. The lowest BCUT2D eigenvalue weighted by Crippen LogP contribution is -2.07. The number of hydrogen-bond donors (Lipinski definition) is 0. The van der Waals surface area contributed by atoms with Gasteiger partial charge in [-0.1, -0.05) is 91.0 Å². The lowest BCUT2D eigenvalue weighted by Gasteiger charge is -2.28. The summed E-state index contributed by atoms with van der Waals surface area (Å²) >= 11 is 0. The third kappa shape index (κ3) is 3.95. The molecule has 0 aliphatic heterocycles. The van der Waals surface area contributed by atoms with E-state index in [-0.39, 0.29) is 0 Å². The molecule has 0 fully saturated rings. The molecule has 0 radical (unpaired) electrons. The van der Waals surface area contributed by atoms with Crippen LogP contribution in [0.25, 0.3) is 98.8 Å². The van der Waals surface area contributed by atoms with Crippen molar-refractivity contribution in [3.8, 4) is 68.3 Å². The van der Waals surface area contributed by atoms with E-state index in [9.17, 15) is 0 Å². The van der Waals surface area contributed by atoms with Gasteiger partial charge in [-0.2, -0.15) is 0 Å². The molecule has 0 amide bonds. The van der Waals surface area contributed by atoms with Crippen LogP contribution in [0.2, 0.25) is 0 Å². The normalized spacial score (nSPS) is 11.9. The van der Waals surface area contributed by atoms with Gasteiger partial charge >= 0.3 is 0 Å². The Balaban J connectivity index is 1.65. The van der Waals surface area contributed by atoms with Gasteiger partial charge in [0.1, 0.15) is 16.6 Å². The Morgan fingerprint density at radius 3 is 0.741 bits per heavy atom. The first-order chi connectivity index (χ1) is 26.6. The van der Waals surface area contributed by atoms with Gasteiger partial charge in [0.05, 0.1) is 75.9 Å². The summed E-state index contributed by atoms with van der Waals surface area (Å²) in [5.41, 5.74) is 6.69. The van der Waals surface area contributed by atoms with Crippen LogP contribution in [0.5, 0.6) is 34.5 Å². The molecule has 7 aromatic carbocycles. The molecule has 9 nitrogen and oxygen atoms in total. The summed E-state index contributed by atoms with van der Waals surface area (Å²) < 4.78 is 38.0. The molecule has 0 spiro atoms. The van der Waals surface area contributed by atoms with E-state index in [0.717, 1.165) is 65.2 Å². The van der Waals surface area contributed by atoms with Crippen LogP contribution in [0.1, 0.15) is 0 Å². The van der Waals surface area contributed by atoms with Crippen molar-refractivity contribution in [2.75, 3.05) is 42.7 Å². The van der Waals surface area contributed by atoms with Crippen LogP contribution < -0.4 is 28.4 Å². The summed E-state index contributed by atoms with van der Waals surface area (Å²) in [7, 11) is 9.94. The first-order valence-electron chi connectivity index (χ1n) is 17.5. The van der Waals surface area contributed by atoms with Crippen molar-refractivity contribution in [3.05, 3.63) is 91.0 Å². The first kappa shape index (κ1) is 31.8. The molecule has 0 N–H and O–H groups in total. The molecule has 9 heteroatoms. The Labute approximate surface area is 309 Å². The summed E-state index contributed by atoms with van der Waals surface area (Å²) in [6.07, 6.45) is 0. The van der Waals surface area contributed by atoms with Crippen molar-refractivity contribution < 1.29 is 28.4 Å². The van der Waals surface area contributed by atoms with Gasteiger partial charge in [0.2, 0.25) is 0 Å². The Hall–Kier alpha value is -6.87. The van der Waals surface area contributed by atoms with Gasteiger partial charge in [-0.15, -0.1) is 0 Å². The van der Waals surface area contributed by atoms with Crippen molar-refractivity contribution in [1.29, 1.82) is 0 Å². The molecular formula is C45H33N3O6. The van der Waals surface area contributed by atoms with E-state index in [1.807, 2.05) is 91.0 Å². The van der Waals surface area contributed by atoms with E-state index in [4.69, 9.17) is 43.4 Å². The highest BCUT2D eigenvalue weighted by atomic mass is 16.5. The van der Waals surface area contributed by atoms with Crippen LogP contribution in [0.3, 0.4) is 0 Å². The lowest BCUT2D eigenvalue weighted by molar-refractivity contribution is 0.360. The minimum atomic E-state index is 0.495. The molecule has 3 aromatic heterocycles. The predicted molar refractivity (Wildman–Crippen MR) is 214 cm³/mol. The standard InChI is InChI=1S/C45H33N3O6/c1-49-40-31-25-28-26-30-27-29(25)38(46-34(31)22-16-10-7-11-17-22)44(53-5)42(51-3)33(27)36(24-20-14-9-15-21-24)48-39(30)45(54-6)41(50-2)32(26)35(23-18-12-8-13-19-23)47-37(28)43(40)52-4/h7-21H,1-6H3. The monoisotopic (exact) mass is 711 g/mol. The Morgan fingerprint density at radius 1 is 0.278 bits per heavy atom. The van der Waals surface area contributed by atoms with Crippen LogP contribution in [0.4, 0.5) is 0 Å². The smallest absolute Gasteiger partial charge is 0.187 e. The molecule has 0 saturated heterocycles. The van der Waals surface area contributed by atoms with E-state index in [1.165, 1.54) is 0 Å². The summed E-state index contributed by atoms with van der Waals surface area (Å²) in [4.78, 5) is 16.4. The number of benzene rings is 7. The largest absolute Gasteiger partial charge is 0.492 e. The molecule has 10 aromatic rings. The van der Waals surface area contributed by atoms with Crippen LogP contribution in [-0.4, -0.2) is 57.6 Å². The zero-order valence-corrected chi connectivity index (χ0v) is 30.5. The first-order valence-corrected chi connectivity index (χ1v) is 17.5. The van der Waals surface area contributed by atoms with E-state index in [1.54, 1.807) is 42.7 Å². The molecule has 0 unspecified atom stereocenters. The Morgan fingerprint density at radius 2 is 0.519 bits per heavy atom. The number of ether oxygens (including phenoxy) is 6. The van der Waals surface area contributed by atoms with Crippen LogP contribution in [-0.2, 0) is 0 Å². The maximum absolute atomic E-state index is 6.35. The summed E-state index contributed by atoms with van der Waals surface area (Å²) in [5.74, 6) is 3.07. The molecule has 264 valence electrons. The van der Waals surface area contributed by atoms with Crippen molar-refractivity contribution >= 4 is 65.0 Å². The highest BCUT2D eigenvalue weighted by Crippen LogP contribution is 2.62. The maximum Gasteiger partial charge on any atom is 0.187 e. The maximum atomic E-state index is 6.35. The van der Waals surface area contributed by atoms with E-state index in [0.29, 0.717) is 68.1 Å². The highest BCUT2D eigenvalue weighted by molar-refractivity contribution is 6.48. The molecule has 54 heavy (non-hydrogen) atoms. The van der Waals surface area contributed by atoms with Crippen molar-refractivity contribution in [2.24, 2.45) is 0 Å². The topological polar surface area (TPSA) is 94.1 Å². The average Bonchev–Trinajstić information content (AvgIpc) is 3.24. The molecule has 3 heterocycles. The zero-order chi connectivity index (χ0) is 36.8. The van der Waals surface area contributed by atoms with E-state index >= 15 is 0 Å². The number of pyridine rings is 3. The van der Waals surface area contributed by atoms with Gasteiger partial charge < -0.3 is 28.4 Å². The fourth-order valence-corrected chi connectivity index (χ4v) is 8.62. The molecular weight excluding hydrogens is 679 g/mol. The van der Waals surface area contributed by atoms with Crippen LogP contribution in [0, 0.1) is 0 Å². The number of methoxy groups -OCH3 is 6.